The number of unbranched alkanes of at least 4 members (excludes halogenated alkanes) is 10. The molecule has 0 aromatic rings. The van der Waals surface area contributed by atoms with E-state index in [9.17, 15) is 9.46 Å². The molecule has 1 N–H and O–H groups in total. The summed E-state index contributed by atoms with van der Waals surface area (Å²) in [4.78, 5) is 10.3. The Labute approximate surface area is 219 Å². The predicted octanol–water partition coefficient (Wildman–Crippen LogP) is 6.27. The number of rotatable bonds is 27. The molecule has 0 rings (SSSR count). The van der Waals surface area contributed by atoms with E-state index in [-0.39, 0.29) is 18.8 Å². The molecule has 0 radical (unpaired) electrons. The van der Waals surface area contributed by atoms with E-state index in [4.69, 9.17) is 18.5 Å². The Morgan fingerprint density at radius 2 is 1.17 bits per heavy atom. The zero-order valence-electron chi connectivity index (χ0n) is 23.8. The van der Waals surface area contributed by atoms with Crippen LogP contribution in [0.15, 0.2) is 0 Å². The Hall–Kier alpha value is 0.160. The van der Waals surface area contributed by atoms with Gasteiger partial charge in [0.1, 0.15) is 15.7 Å². The van der Waals surface area contributed by atoms with Crippen LogP contribution in [0.25, 0.3) is 0 Å². The molecule has 4 atom stereocenters. The van der Waals surface area contributed by atoms with E-state index in [0.29, 0.717) is 19.5 Å². The van der Waals surface area contributed by atoms with Gasteiger partial charge < -0.3 is 14.4 Å². The second kappa shape index (κ2) is 24.5. The molecular formula is C26H57B2O6P. The minimum atomic E-state index is -4.17. The van der Waals surface area contributed by atoms with Crippen LogP contribution in [-0.4, -0.2) is 58.7 Å². The van der Waals surface area contributed by atoms with Crippen LogP contribution in [0.1, 0.15) is 117 Å². The maximum Gasteiger partial charge on any atom is 0.472 e. The fourth-order valence-corrected chi connectivity index (χ4v) is 5.01. The molecule has 0 aromatic heterocycles. The Balaban J connectivity index is 4.45. The summed E-state index contributed by atoms with van der Waals surface area (Å²) in [6, 6.07) is 0. The topological polar surface area (TPSA) is 74.2 Å². The number of hydrogen-bond acceptors (Lipinski definition) is 5. The van der Waals surface area contributed by atoms with E-state index in [2.05, 4.69) is 20.8 Å². The van der Waals surface area contributed by atoms with E-state index in [1.165, 1.54) is 64.2 Å². The summed E-state index contributed by atoms with van der Waals surface area (Å²) in [5.41, 5.74) is 0. The van der Waals surface area contributed by atoms with Gasteiger partial charge >= 0.3 is 7.82 Å². The molecule has 0 saturated carbocycles. The van der Waals surface area contributed by atoms with E-state index in [0.717, 1.165) is 38.4 Å². The van der Waals surface area contributed by atoms with Gasteiger partial charge in [-0.1, -0.05) is 110 Å². The van der Waals surface area contributed by atoms with Crippen LogP contribution in [0.2, 0.25) is 12.6 Å². The Morgan fingerprint density at radius 3 is 1.74 bits per heavy atom. The van der Waals surface area contributed by atoms with Crippen molar-refractivity contribution >= 4 is 23.5 Å². The quantitative estimate of drug-likeness (QED) is 0.0785. The van der Waals surface area contributed by atoms with Crippen LogP contribution < -0.4 is 0 Å². The summed E-state index contributed by atoms with van der Waals surface area (Å²) in [6.07, 6.45) is 18.6. The lowest BCUT2D eigenvalue weighted by molar-refractivity contribution is -0.0216. The third-order valence-corrected chi connectivity index (χ3v) is 7.54. The first-order valence-corrected chi connectivity index (χ1v) is 16.3. The van der Waals surface area contributed by atoms with Crippen molar-refractivity contribution in [3.8, 4) is 0 Å². The summed E-state index contributed by atoms with van der Waals surface area (Å²) >= 11 is 0. The van der Waals surface area contributed by atoms with Gasteiger partial charge in [-0.15, -0.1) is 0 Å². The highest BCUT2D eigenvalue weighted by Crippen LogP contribution is 2.45. The molecule has 35 heavy (non-hydrogen) atoms. The molecule has 0 bridgehead atoms. The molecule has 9 heteroatoms. The number of phosphoric ester groups is 1. The van der Waals surface area contributed by atoms with Crippen LogP contribution in [0.4, 0.5) is 0 Å². The first-order valence-electron chi connectivity index (χ1n) is 14.8. The van der Waals surface area contributed by atoms with Crippen LogP contribution in [0.5, 0.6) is 0 Å². The van der Waals surface area contributed by atoms with Gasteiger partial charge in [-0.25, -0.2) is 4.57 Å². The fraction of sp³-hybridized carbons (Fsp3) is 1.00. The normalized spacial score (nSPS) is 16.1. The van der Waals surface area contributed by atoms with E-state index < -0.39 is 13.9 Å². The maximum absolute atomic E-state index is 12.6. The van der Waals surface area contributed by atoms with Gasteiger partial charge in [-0.05, 0) is 19.3 Å². The molecule has 0 aliphatic rings. The number of phosphoric acid groups is 1. The molecule has 0 heterocycles. The summed E-state index contributed by atoms with van der Waals surface area (Å²) in [5.74, 6) is 0. The third kappa shape index (κ3) is 21.9. The van der Waals surface area contributed by atoms with Crippen molar-refractivity contribution in [3.63, 3.8) is 0 Å². The molecule has 0 amide bonds. The van der Waals surface area contributed by atoms with Crippen molar-refractivity contribution in [2.45, 2.75) is 148 Å². The second-order valence-corrected chi connectivity index (χ2v) is 11.3. The monoisotopic (exact) mass is 518 g/mol. The van der Waals surface area contributed by atoms with Gasteiger partial charge in [0.25, 0.3) is 0 Å². The van der Waals surface area contributed by atoms with Crippen LogP contribution in [0.3, 0.4) is 0 Å². The Bertz CT molecular complexity index is 500. The smallest absolute Gasteiger partial charge is 0.377 e. The van der Waals surface area contributed by atoms with Crippen LogP contribution in [0, 0.1) is 0 Å². The predicted molar refractivity (Wildman–Crippen MR) is 153 cm³/mol. The van der Waals surface area contributed by atoms with Gasteiger partial charge in [-0.2, -0.15) is 0 Å². The molecule has 6 nitrogen and oxygen atoms in total. The van der Waals surface area contributed by atoms with Crippen LogP contribution >= 0.6 is 7.82 Å². The van der Waals surface area contributed by atoms with Crippen molar-refractivity contribution in [2.75, 3.05) is 19.8 Å². The minimum Gasteiger partial charge on any atom is -0.377 e. The van der Waals surface area contributed by atoms with E-state index >= 15 is 0 Å². The summed E-state index contributed by atoms with van der Waals surface area (Å²) in [7, 11) is -0.222. The first-order chi connectivity index (χ1) is 16.9. The van der Waals surface area contributed by atoms with E-state index in [1.807, 2.05) is 15.7 Å². The molecule has 0 fully saturated rings. The lowest BCUT2D eigenvalue weighted by Crippen LogP contribution is -2.25. The summed E-state index contributed by atoms with van der Waals surface area (Å²) in [6.45, 7) is 7.69. The third-order valence-electron chi connectivity index (χ3n) is 6.50. The van der Waals surface area contributed by atoms with Gasteiger partial charge in [0.15, 0.2) is 0 Å². The highest BCUT2D eigenvalue weighted by Gasteiger charge is 2.28. The lowest BCUT2D eigenvalue weighted by Gasteiger charge is -2.24. The standard InChI is InChI=1S/C26H57B2O6P/c1-4-7-10-12-15-18-24(17-14-9-6-3)32-22-26(21-28)34-35(29,30)33-23-25(20-27)31-19-16-13-11-8-5-2/h24-26H,4-23,27-28H2,1-3H3,(H,29,30)/t24?,25-,26-/m1/s1. The Kier molecular flexibility index (Phi) is 24.6. The highest BCUT2D eigenvalue weighted by atomic mass is 31.2. The van der Waals surface area contributed by atoms with Crippen molar-refractivity contribution in [2.24, 2.45) is 0 Å². The number of ether oxygens (including phenoxy) is 2. The summed E-state index contributed by atoms with van der Waals surface area (Å²) < 4.78 is 35.4. The fourth-order valence-electron chi connectivity index (χ4n) is 4.01. The lowest BCUT2D eigenvalue weighted by atomic mass is 10.00. The highest BCUT2D eigenvalue weighted by molar-refractivity contribution is 7.47. The number of hydrogen-bond donors (Lipinski definition) is 1. The van der Waals surface area contributed by atoms with Crippen molar-refractivity contribution < 1.29 is 28.0 Å². The first kappa shape index (κ1) is 35.2. The van der Waals surface area contributed by atoms with Crippen molar-refractivity contribution in [1.82, 2.24) is 0 Å². The molecule has 0 aliphatic heterocycles. The molecule has 0 aliphatic carbocycles. The molecule has 208 valence electrons. The zero-order chi connectivity index (χ0) is 26.2. The average molecular weight is 518 g/mol. The Morgan fingerprint density at radius 1 is 0.657 bits per heavy atom. The van der Waals surface area contributed by atoms with Gasteiger partial charge in [0.05, 0.1) is 31.5 Å². The zero-order valence-corrected chi connectivity index (χ0v) is 24.7. The molecule has 0 spiro atoms. The van der Waals surface area contributed by atoms with Gasteiger partial charge in [0.2, 0.25) is 0 Å². The average Bonchev–Trinajstić information content (AvgIpc) is 2.85. The minimum absolute atomic E-state index is 0.0634. The molecule has 0 saturated heterocycles. The van der Waals surface area contributed by atoms with Gasteiger partial charge in [0, 0.05) is 6.61 Å². The maximum atomic E-state index is 12.6. The second-order valence-electron chi connectivity index (χ2n) is 9.87. The SMILES string of the molecule is BC[C@H](COP(=O)(O)O[C@H](CB)COC(CCCCC)CCCCCCC)OCCCCCCC. The molecular weight excluding hydrogens is 461 g/mol. The van der Waals surface area contributed by atoms with Gasteiger partial charge in [-0.3, -0.25) is 9.05 Å². The molecule has 0 aromatic carbocycles. The van der Waals surface area contributed by atoms with E-state index in [1.54, 1.807) is 0 Å². The molecule has 2 unspecified atom stereocenters. The largest absolute Gasteiger partial charge is 0.472 e. The van der Waals surface area contributed by atoms with Crippen LogP contribution in [-0.2, 0) is 23.1 Å². The summed E-state index contributed by atoms with van der Waals surface area (Å²) in [5, 5.41) is 0. The van der Waals surface area contributed by atoms with Crippen molar-refractivity contribution in [1.29, 1.82) is 0 Å². The van der Waals surface area contributed by atoms with Crippen molar-refractivity contribution in [3.05, 3.63) is 0 Å².